The van der Waals surface area contributed by atoms with E-state index in [0.717, 1.165) is 12.8 Å². The lowest BCUT2D eigenvalue weighted by Gasteiger charge is -2.15. The number of nitrogens with zero attached hydrogens (tertiary/aromatic N) is 4. The van der Waals surface area contributed by atoms with Crippen molar-refractivity contribution >= 4 is 5.82 Å². The number of hydrogen-bond acceptors (Lipinski definition) is 4. The molecule has 2 aromatic heterocycles. The van der Waals surface area contributed by atoms with E-state index >= 15 is 0 Å². The first-order chi connectivity index (χ1) is 9.20. The molecule has 0 aliphatic heterocycles. The highest BCUT2D eigenvalue weighted by molar-refractivity contribution is 5.47. The highest BCUT2D eigenvalue weighted by Crippen LogP contribution is 2.12. The maximum atomic E-state index is 8.95. The molecule has 0 bridgehead atoms. The zero-order chi connectivity index (χ0) is 13.7. The predicted octanol–water partition coefficient (Wildman–Crippen LogP) is 2.12. The number of hydrogen-bond donors (Lipinski definition) is 1. The van der Waals surface area contributed by atoms with Crippen LogP contribution in [0.1, 0.15) is 24.7 Å². The molecule has 98 valence electrons. The van der Waals surface area contributed by atoms with Gasteiger partial charge in [0.2, 0.25) is 0 Å². The third kappa shape index (κ3) is 3.32. The molecule has 0 aliphatic carbocycles. The summed E-state index contributed by atoms with van der Waals surface area (Å²) in [6.07, 6.45) is 7.12. The van der Waals surface area contributed by atoms with E-state index in [4.69, 9.17) is 5.26 Å². The number of anilines is 1. The Morgan fingerprint density at radius 2 is 2.21 bits per heavy atom. The van der Waals surface area contributed by atoms with Gasteiger partial charge in [0.15, 0.2) is 11.5 Å². The van der Waals surface area contributed by atoms with E-state index in [1.165, 1.54) is 11.9 Å². The Bertz CT molecular complexity index is 582. The molecule has 2 heterocycles. The minimum absolute atomic E-state index is 0.235. The summed E-state index contributed by atoms with van der Waals surface area (Å²) in [4.78, 5) is 8.13. The van der Waals surface area contributed by atoms with Crippen LogP contribution >= 0.6 is 0 Å². The largest absolute Gasteiger partial charge is 0.365 e. The molecule has 0 radical (unpaired) electrons. The summed E-state index contributed by atoms with van der Waals surface area (Å²) in [5, 5.41) is 12.2. The average molecular weight is 255 g/mol. The summed E-state index contributed by atoms with van der Waals surface area (Å²) in [6.45, 7) is 2.08. The van der Waals surface area contributed by atoms with Crippen LogP contribution in [0.25, 0.3) is 0 Å². The van der Waals surface area contributed by atoms with E-state index in [9.17, 15) is 0 Å². The van der Waals surface area contributed by atoms with Crippen molar-refractivity contribution < 1.29 is 0 Å². The van der Waals surface area contributed by atoms with Crippen molar-refractivity contribution in [2.45, 2.75) is 25.8 Å². The molecule has 0 fully saturated rings. The normalized spacial score (nSPS) is 11.8. The maximum absolute atomic E-state index is 8.95. The van der Waals surface area contributed by atoms with Gasteiger partial charge in [-0.15, -0.1) is 0 Å². The fraction of sp³-hybridized carbons (Fsp3) is 0.357. The van der Waals surface area contributed by atoms with Gasteiger partial charge in [0.05, 0.1) is 0 Å². The van der Waals surface area contributed by atoms with Gasteiger partial charge < -0.3 is 9.88 Å². The topological polar surface area (TPSA) is 66.5 Å². The van der Waals surface area contributed by atoms with Gasteiger partial charge >= 0.3 is 0 Å². The van der Waals surface area contributed by atoms with Crippen LogP contribution < -0.4 is 5.32 Å². The first-order valence-corrected chi connectivity index (χ1v) is 6.28. The van der Waals surface area contributed by atoms with Crippen molar-refractivity contribution in [3.63, 3.8) is 0 Å². The molecule has 19 heavy (non-hydrogen) atoms. The van der Waals surface area contributed by atoms with Crippen molar-refractivity contribution in [3.05, 3.63) is 42.1 Å². The monoisotopic (exact) mass is 255 g/mol. The Morgan fingerprint density at radius 3 is 2.89 bits per heavy atom. The average Bonchev–Trinajstić information content (AvgIpc) is 2.82. The lowest BCUT2D eigenvalue weighted by molar-refractivity contribution is 0.672. The molecule has 1 N–H and O–H groups in total. The molecule has 1 atom stereocenters. The van der Waals surface area contributed by atoms with E-state index < -0.39 is 0 Å². The van der Waals surface area contributed by atoms with Crippen LogP contribution in [0.4, 0.5) is 5.82 Å². The summed E-state index contributed by atoms with van der Waals surface area (Å²) < 4.78 is 2.12. The molecule has 0 saturated carbocycles. The lowest BCUT2D eigenvalue weighted by Crippen LogP contribution is -2.18. The fourth-order valence-corrected chi connectivity index (χ4v) is 1.95. The van der Waals surface area contributed by atoms with Gasteiger partial charge in [0.1, 0.15) is 6.07 Å². The second kappa shape index (κ2) is 6.01. The molecule has 1 unspecified atom stereocenters. The summed E-state index contributed by atoms with van der Waals surface area (Å²) in [5.74, 6) is 0.560. The summed E-state index contributed by atoms with van der Waals surface area (Å²) in [6, 6.07) is 6.44. The molecule has 2 aromatic rings. The molecule has 5 heteroatoms. The van der Waals surface area contributed by atoms with Gasteiger partial charge in [0.25, 0.3) is 0 Å². The van der Waals surface area contributed by atoms with Crippen LogP contribution in [0.15, 0.2) is 30.7 Å². The van der Waals surface area contributed by atoms with E-state index in [1.54, 1.807) is 6.20 Å². The SMILES string of the molecule is CC(CCc1cccn1C)Nc1nccnc1C#N. The van der Waals surface area contributed by atoms with Gasteiger partial charge in [-0.1, -0.05) is 0 Å². The second-order valence-electron chi connectivity index (χ2n) is 4.56. The van der Waals surface area contributed by atoms with Crippen molar-refractivity contribution in [1.82, 2.24) is 14.5 Å². The summed E-state index contributed by atoms with van der Waals surface area (Å²) in [7, 11) is 2.05. The standard InChI is InChI=1S/C14H17N5/c1-11(5-6-12-4-3-9-19(12)2)18-14-13(10-15)16-7-8-17-14/h3-4,7-9,11H,5-6H2,1-2H3,(H,17,18). The van der Waals surface area contributed by atoms with E-state index in [-0.39, 0.29) is 6.04 Å². The Kier molecular flexibility index (Phi) is 4.14. The van der Waals surface area contributed by atoms with Crippen molar-refractivity contribution in [1.29, 1.82) is 5.26 Å². The molecule has 0 spiro atoms. The minimum Gasteiger partial charge on any atom is -0.365 e. The molecule has 5 nitrogen and oxygen atoms in total. The van der Waals surface area contributed by atoms with Gasteiger partial charge in [-0.2, -0.15) is 5.26 Å². The predicted molar refractivity (Wildman–Crippen MR) is 73.6 cm³/mol. The highest BCUT2D eigenvalue weighted by atomic mass is 15.0. The number of nitriles is 1. The zero-order valence-corrected chi connectivity index (χ0v) is 11.2. The Hall–Kier alpha value is -2.35. The third-order valence-electron chi connectivity index (χ3n) is 3.07. The van der Waals surface area contributed by atoms with Gasteiger partial charge in [0, 0.05) is 37.4 Å². The molecule has 0 aliphatic rings. The smallest absolute Gasteiger partial charge is 0.182 e. The second-order valence-corrected chi connectivity index (χ2v) is 4.56. The van der Waals surface area contributed by atoms with Crippen molar-refractivity contribution in [2.24, 2.45) is 7.05 Å². The van der Waals surface area contributed by atoms with Crippen LogP contribution in [0.2, 0.25) is 0 Å². The van der Waals surface area contributed by atoms with Gasteiger partial charge in [-0.3, -0.25) is 0 Å². The van der Waals surface area contributed by atoms with Crippen LogP contribution in [-0.4, -0.2) is 20.6 Å². The van der Waals surface area contributed by atoms with Crippen LogP contribution in [0, 0.1) is 11.3 Å². The minimum atomic E-state index is 0.235. The number of aromatic nitrogens is 3. The van der Waals surface area contributed by atoms with E-state index in [0.29, 0.717) is 11.5 Å². The van der Waals surface area contributed by atoms with Gasteiger partial charge in [-0.05, 0) is 31.9 Å². The molecular weight excluding hydrogens is 238 g/mol. The molecule has 0 aromatic carbocycles. The van der Waals surface area contributed by atoms with Gasteiger partial charge in [-0.25, -0.2) is 9.97 Å². The Balaban J connectivity index is 1.93. The van der Waals surface area contributed by atoms with Crippen molar-refractivity contribution in [3.8, 4) is 6.07 Å². The highest BCUT2D eigenvalue weighted by Gasteiger charge is 2.09. The van der Waals surface area contributed by atoms with Crippen molar-refractivity contribution in [2.75, 3.05) is 5.32 Å². The van der Waals surface area contributed by atoms with Crippen LogP contribution in [0.5, 0.6) is 0 Å². The molecule has 0 saturated heterocycles. The van der Waals surface area contributed by atoms with E-state index in [2.05, 4.69) is 32.8 Å². The van der Waals surface area contributed by atoms with Crippen LogP contribution in [-0.2, 0) is 13.5 Å². The maximum Gasteiger partial charge on any atom is 0.182 e. The Morgan fingerprint density at radius 1 is 1.42 bits per heavy atom. The molecule has 2 rings (SSSR count). The third-order valence-corrected chi connectivity index (χ3v) is 3.07. The van der Waals surface area contributed by atoms with E-state index in [1.807, 2.05) is 25.4 Å². The molecule has 0 amide bonds. The lowest BCUT2D eigenvalue weighted by atomic mass is 10.1. The molecular formula is C14H17N5. The number of aryl methyl sites for hydroxylation is 2. The van der Waals surface area contributed by atoms with Crippen LogP contribution in [0.3, 0.4) is 0 Å². The quantitative estimate of drug-likeness (QED) is 0.888. The zero-order valence-electron chi connectivity index (χ0n) is 11.2. The number of rotatable bonds is 5. The first-order valence-electron chi connectivity index (χ1n) is 6.28. The fourth-order valence-electron chi connectivity index (χ4n) is 1.95. The number of nitrogens with one attached hydrogen (secondary N) is 1. The first kappa shape index (κ1) is 13.1. The summed E-state index contributed by atoms with van der Waals surface area (Å²) >= 11 is 0. The Labute approximate surface area is 112 Å². The summed E-state index contributed by atoms with van der Waals surface area (Å²) in [5.41, 5.74) is 1.64.